The average Bonchev–Trinajstić information content (AvgIpc) is 2.75. The van der Waals surface area contributed by atoms with Crippen LogP contribution in [0.4, 0.5) is 0 Å². The Labute approximate surface area is 113 Å². The molecule has 0 aliphatic heterocycles. The molecule has 0 saturated carbocycles. The summed E-state index contributed by atoms with van der Waals surface area (Å²) < 4.78 is 0.979. The van der Waals surface area contributed by atoms with Crippen molar-refractivity contribution in [3.63, 3.8) is 0 Å². The molecular weight excluding hydrogens is 298 g/mol. The van der Waals surface area contributed by atoms with Gasteiger partial charge in [-0.2, -0.15) is 0 Å². The van der Waals surface area contributed by atoms with E-state index in [1.165, 1.54) is 4.88 Å². The highest BCUT2D eigenvalue weighted by Gasteiger charge is 2.05. The number of nitrogens with one attached hydrogen (secondary N) is 1. The highest BCUT2D eigenvalue weighted by atomic mass is 79.9. The quantitative estimate of drug-likeness (QED) is 0.939. The van der Waals surface area contributed by atoms with E-state index in [1.54, 1.807) is 17.5 Å². The molecule has 0 aliphatic carbocycles. The molecule has 0 atom stereocenters. The van der Waals surface area contributed by atoms with E-state index in [1.807, 2.05) is 18.5 Å². The second-order valence-corrected chi connectivity index (χ2v) is 6.09. The second-order valence-electron chi connectivity index (χ2n) is 4.06. The lowest BCUT2D eigenvalue weighted by Gasteiger charge is -2.04. The van der Waals surface area contributed by atoms with E-state index >= 15 is 0 Å². The number of hydrogen-bond acceptors (Lipinski definition) is 4. The van der Waals surface area contributed by atoms with Gasteiger partial charge in [-0.15, -0.1) is 11.3 Å². The molecule has 0 spiro atoms. The summed E-state index contributed by atoms with van der Waals surface area (Å²) in [6.45, 7) is 5.15. The number of halogens is 1. The van der Waals surface area contributed by atoms with Gasteiger partial charge in [0, 0.05) is 46.1 Å². The Bertz CT molecular complexity index is 496. The van der Waals surface area contributed by atoms with Crippen LogP contribution in [0.2, 0.25) is 0 Å². The fraction of sp³-hybridized carbons (Fsp3) is 0.333. The Hall–Kier alpha value is -0.780. The number of pyridine rings is 1. The second kappa shape index (κ2) is 5.71. The molecule has 5 heteroatoms. The van der Waals surface area contributed by atoms with Crippen molar-refractivity contribution >= 4 is 27.3 Å². The summed E-state index contributed by atoms with van der Waals surface area (Å²) in [7, 11) is 0. The summed E-state index contributed by atoms with van der Waals surface area (Å²) >= 11 is 5.12. The third-order valence-electron chi connectivity index (χ3n) is 2.19. The van der Waals surface area contributed by atoms with Crippen LogP contribution in [0.3, 0.4) is 0 Å². The van der Waals surface area contributed by atoms with Crippen LogP contribution in [0.25, 0.3) is 10.6 Å². The van der Waals surface area contributed by atoms with Crippen molar-refractivity contribution in [2.24, 2.45) is 0 Å². The van der Waals surface area contributed by atoms with Gasteiger partial charge in [0.2, 0.25) is 0 Å². The fourth-order valence-corrected chi connectivity index (χ4v) is 2.57. The van der Waals surface area contributed by atoms with E-state index in [0.29, 0.717) is 6.04 Å². The average molecular weight is 312 g/mol. The van der Waals surface area contributed by atoms with Crippen LogP contribution in [0.15, 0.2) is 29.1 Å². The van der Waals surface area contributed by atoms with E-state index in [0.717, 1.165) is 21.6 Å². The van der Waals surface area contributed by atoms with E-state index in [2.05, 4.69) is 45.1 Å². The lowest BCUT2D eigenvalue weighted by molar-refractivity contribution is 0.593. The smallest absolute Gasteiger partial charge is 0.125 e. The number of thiazole rings is 1. The maximum Gasteiger partial charge on any atom is 0.125 e. The molecule has 0 bridgehead atoms. The molecule has 2 aromatic rings. The van der Waals surface area contributed by atoms with E-state index in [9.17, 15) is 0 Å². The highest BCUT2D eigenvalue weighted by Crippen LogP contribution is 2.26. The van der Waals surface area contributed by atoms with Gasteiger partial charge in [0.25, 0.3) is 0 Å². The maximum atomic E-state index is 4.42. The Kier molecular flexibility index (Phi) is 4.25. The zero-order chi connectivity index (χ0) is 12.3. The standard InChI is InChI=1S/C12H14BrN3S/c1-8(2)15-6-11-7-16-12(17-11)9-3-10(13)5-14-4-9/h3-5,7-8,15H,6H2,1-2H3. The van der Waals surface area contributed by atoms with Crippen molar-refractivity contribution in [3.8, 4) is 10.6 Å². The summed E-state index contributed by atoms with van der Waals surface area (Å²) in [4.78, 5) is 9.82. The SMILES string of the molecule is CC(C)NCc1cnc(-c2cncc(Br)c2)s1. The van der Waals surface area contributed by atoms with Gasteiger partial charge in [0.15, 0.2) is 0 Å². The van der Waals surface area contributed by atoms with Crippen LogP contribution in [0.5, 0.6) is 0 Å². The lowest BCUT2D eigenvalue weighted by atomic mass is 10.3. The molecule has 3 nitrogen and oxygen atoms in total. The summed E-state index contributed by atoms with van der Waals surface area (Å²) in [6, 6.07) is 2.53. The first-order valence-corrected chi connectivity index (χ1v) is 7.05. The topological polar surface area (TPSA) is 37.8 Å². The number of rotatable bonds is 4. The Morgan fingerprint density at radius 1 is 1.35 bits per heavy atom. The normalized spacial score (nSPS) is 11.1. The van der Waals surface area contributed by atoms with Crippen molar-refractivity contribution in [3.05, 3.63) is 34.0 Å². The predicted octanol–water partition coefficient (Wildman–Crippen LogP) is 3.47. The van der Waals surface area contributed by atoms with E-state index in [-0.39, 0.29) is 0 Å². The minimum Gasteiger partial charge on any atom is -0.310 e. The van der Waals surface area contributed by atoms with Gasteiger partial charge >= 0.3 is 0 Å². The minimum atomic E-state index is 0.494. The molecule has 0 unspecified atom stereocenters. The molecule has 0 fully saturated rings. The molecule has 90 valence electrons. The minimum absolute atomic E-state index is 0.494. The first kappa shape index (κ1) is 12.7. The largest absolute Gasteiger partial charge is 0.310 e. The summed E-state index contributed by atoms with van der Waals surface area (Å²) in [5, 5.41) is 4.40. The van der Waals surface area contributed by atoms with Crippen LogP contribution < -0.4 is 5.32 Å². The summed E-state index contributed by atoms with van der Waals surface area (Å²) in [6.07, 6.45) is 5.54. The monoisotopic (exact) mass is 311 g/mol. The van der Waals surface area contributed by atoms with Gasteiger partial charge < -0.3 is 5.32 Å². The molecule has 0 aromatic carbocycles. The van der Waals surface area contributed by atoms with Crippen molar-refractivity contribution in [1.82, 2.24) is 15.3 Å². The highest BCUT2D eigenvalue weighted by molar-refractivity contribution is 9.10. The van der Waals surface area contributed by atoms with Gasteiger partial charge in [-0.05, 0) is 22.0 Å². The molecule has 0 amide bonds. The first-order chi connectivity index (χ1) is 8.15. The third kappa shape index (κ3) is 3.59. The zero-order valence-corrected chi connectivity index (χ0v) is 12.2. The molecule has 1 N–H and O–H groups in total. The Balaban J connectivity index is 2.12. The van der Waals surface area contributed by atoms with Crippen LogP contribution >= 0.6 is 27.3 Å². The predicted molar refractivity (Wildman–Crippen MR) is 75.0 cm³/mol. The molecule has 2 aromatic heterocycles. The first-order valence-electron chi connectivity index (χ1n) is 5.44. The fourth-order valence-electron chi connectivity index (χ4n) is 1.36. The number of aromatic nitrogens is 2. The maximum absolute atomic E-state index is 4.42. The van der Waals surface area contributed by atoms with Gasteiger partial charge in [0.1, 0.15) is 5.01 Å². The molecule has 0 radical (unpaired) electrons. The van der Waals surface area contributed by atoms with Crippen LogP contribution in [-0.2, 0) is 6.54 Å². The molecule has 0 aliphatic rings. The number of nitrogens with zero attached hydrogens (tertiary/aromatic N) is 2. The Morgan fingerprint density at radius 2 is 2.18 bits per heavy atom. The molecule has 17 heavy (non-hydrogen) atoms. The van der Waals surface area contributed by atoms with Crippen LogP contribution in [0.1, 0.15) is 18.7 Å². The Morgan fingerprint density at radius 3 is 2.88 bits per heavy atom. The van der Waals surface area contributed by atoms with Gasteiger partial charge in [-0.3, -0.25) is 4.98 Å². The summed E-state index contributed by atoms with van der Waals surface area (Å²) in [5.41, 5.74) is 1.06. The third-order valence-corrected chi connectivity index (χ3v) is 3.67. The van der Waals surface area contributed by atoms with E-state index < -0.39 is 0 Å². The van der Waals surface area contributed by atoms with Crippen LogP contribution in [-0.4, -0.2) is 16.0 Å². The van der Waals surface area contributed by atoms with Gasteiger partial charge in [0.05, 0.1) is 0 Å². The van der Waals surface area contributed by atoms with Crippen molar-refractivity contribution in [2.45, 2.75) is 26.4 Å². The van der Waals surface area contributed by atoms with Crippen molar-refractivity contribution in [2.75, 3.05) is 0 Å². The zero-order valence-electron chi connectivity index (χ0n) is 9.77. The molecular formula is C12H14BrN3S. The van der Waals surface area contributed by atoms with Crippen molar-refractivity contribution < 1.29 is 0 Å². The molecule has 0 saturated heterocycles. The van der Waals surface area contributed by atoms with Crippen LogP contribution in [0, 0.1) is 0 Å². The molecule has 2 rings (SSSR count). The molecule has 2 heterocycles. The van der Waals surface area contributed by atoms with Gasteiger partial charge in [-0.1, -0.05) is 13.8 Å². The van der Waals surface area contributed by atoms with E-state index in [4.69, 9.17) is 0 Å². The number of hydrogen-bond donors (Lipinski definition) is 1. The van der Waals surface area contributed by atoms with Gasteiger partial charge in [-0.25, -0.2) is 4.98 Å². The van der Waals surface area contributed by atoms with Crippen molar-refractivity contribution in [1.29, 1.82) is 0 Å². The lowest BCUT2D eigenvalue weighted by Crippen LogP contribution is -2.21. The summed E-state index contributed by atoms with van der Waals surface area (Å²) in [5.74, 6) is 0.